The van der Waals surface area contributed by atoms with E-state index in [1.54, 1.807) is 11.8 Å². The maximum Gasteiger partial charge on any atom is 0.174 e. The van der Waals surface area contributed by atoms with Crippen molar-refractivity contribution in [3.05, 3.63) is 39.3 Å². The smallest absolute Gasteiger partial charge is 0.174 e. The van der Waals surface area contributed by atoms with Gasteiger partial charge in [0.1, 0.15) is 15.7 Å². The number of nitrogens with zero attached hydrogens (tertiary/aromatic N) is 3. The van der Waals surface area contributed by atoms with E-state index in [2.05, 4.69) is 30.3 Å². The van der Waals surface area contributed by atoms with E-state index in [1.807, 2.05) is 24.3 Å². The Morgan fingerprint density at radius 3 is 2.79 bits per heavy atom. The normalized spacial score (nSPS) is 13.9. The van der Waals surface area contributed by atoms with Crippen LogP contribution in [-0.4, -0.2) is 26.1 Å². The molecule has 0 fully saturated rings. The van der Waals surface area contributed by atoms with E-state index in [0.717, 1.165) is 52.7 Å². The van der Waals surface area contributed by atoms with Gasteiger partial charge in [-0.1, -0.05) is 18.7 Å². The fourth-order valence-corrected chi connectivity index (χ4v) is 6.55. The van der Waals surface area contributed by atoms with E-state index in [1.165, 1.54) is 34.4 Å². The Hall–Kier alpha value is -1.66. The Labute approximate surface area is 174 Å². The van der Waals surface area contributed by atoms with Gasteiger partial charge in [-0.25, -0.2) is 9.97 Å². The van der Waals surface area contributed by atoms with Gasteiger partial charge in [0.05, 0.1) is 5.75 Å². The summed E-state index contributed by atoms with van der Waals surface area (Å²) in [6, 6.07) is 2.04. The highest BCUT2D eigenvalue weighted by Gasteiger charge is 2.22. The Kier molecular flexibility index (Phi) is 5.61. The van der Waals surface area contributed by atoms with Crippen LogP contribution in [0.1, 0.15) is 64.2 Å². The number of fused-ring (bicyclic) bond motifs is 3. The number of carbonyl (C=O) groups excluding carboxylic acids is 1. The molecule has 1 aliphatic rings. The third kappa shape index (κ3) is 3.52. The van der Waals surface area contributed by atoms with Crippen molar-refractivity contribution in [3.8, 4) is 0 Å². The average molecular weight is 414 g/mol. The van der Waals surface area contributed by atoms with Gasteiger partial charge < -0.3 is 4.57 Å². The predicted octanol–water partition coefficient (Wildman–Crippen LogP) is 5.68. The second-order valence-electron chi connectivity index (χ2n) is 7.62. The number of aryl methyl sites for hydroxylation is 4. The van der Waals surface area contributed by atoms with Gasteiger partial charge in [-0.3, -0.25) is 4.79 Å². The van der Waals surface area contributed by atoms with Crippen LogP contribution in [0.3, 0.4) is 0 Å². The molecular weight excluding hydrogens is 386 g/mol. The second-order valence-corrected chi connectivity index (χ2v) is 9.66. The molecule has 1 aliphatic carbocycles. The molecule has 4 nitrogen and oxygen atoms in total. The van der Waals surface area contributed by atoms with Crippen LogP contribution in [0.15, 0.2) is 11.1 Å². The lowest BCUT2D eigenvalue weighted by Gasteiger charge is -2.11. The van der Waals surface area contributed by atoms with E-state index in [0.29, 0.717) is 5.75 Å². The van der Waals surface area contributed by atoms with Crippen molar-refractivity contribution < 1.29 is 4.79 Å². The minimum atomic E-state index is 0.189. The van der Waals surface area contributed by atoms with Crippen LogP contribution in [0.2, 0.25) is 0 Å². The molecular formula is C22H27N3OS2. The van der Waals surface area contributed by atoms with Crippen LogP contribution < -0.4 is 0 Å². The third-order valence-electron chi connectivity index (χ3n) is 5.55. The summed E-state index contributed by atoms with van der Waals surface area (Å²) < 4.78 is 2.25. The average Bonchev–Trinajstić information content (AvgIpc) is 3.18. The van der Waals surface area contributed by atoms with E-state index in [4.69, 9.17) is 4.98 Å². The number of Topliss-reactive ketones (excluding diaryl/α,β-unsaturated/α-hetero) is 1. The molecule has 0 atom stereocenters. The fraction of sp³-hybridized carbons (Fsp3) is 0.500. The summed E-state index contributed by atoms with van der Waals surface area (Å²) in [6.07, 6.45) is 5.84. The molecule has 6 heteroatoms. The molecule has 28 heavy (non-hydrogen) atoms. The highest BCUT2D eigenvalue weighted by atomic mass is 32.2. The molecule has 0 amide bonds. The zero-order chi connectivity index (χ0) is 19.8. The quantitative estimate of drug-likeness (QED) is 0.296. The van der Waals surface area contributed by atoms with Crippen LogP contribution in [0.4, 0.5) is 0 Å². The van der Waals surface area contributed by atoms with Gasteiger partial charge in [0.15, 0.2) is 5.78 Å². The predicted molar refractivity (Wildman–Crippen MR) is 118 cm³/mol. The summed E-state index contributed by atoms with van der Waals surface area (Å²) in [5, 5.41) is 2.19. The molecule has 0 saturated carbocycles. The summed E-state index contributed by atoms with van der Waals surface area (Å²) >= 11 is 3.40. The molecule has 0 N–H and O–H groups in total. The zero-order valence-electron chi connectivity index (χ0n) is 17.1. The van der Waals surface area contributed by atoms with Gasteiger partial charge in [0, 0.05) is 33.8 Å². The molecule has 0 radical (unpaired) electrons. The highest BCUT2D eigenvalue weighted by molar-refractivity contribution is 8.00. The molecule has 3 aromatic heterocycles. The van der Waals surface area contributed by atoms with Gasteiger partial charge in [0.2, 0.25) is 0 Å². The van der Waals surface area contributed by atoms with Crippen molar-refractivity contribution in [2.24, 2.45) is 0 Å². The van der Waals surface area contributed by atoms with Crippen molar-refractivity contribution >= 4 is 39.1 Å². The number of thioether (sulfide) groups is 1. The first-order valence-corrected chi connectivity index (χ1v) is 11.9. The first-order chi connectivity index (χ1) is 13.5. The van der Waals surface area contributed by atoms with Crippen LogP contribution >= 0.6 is 23.1 Å². The standard InChI is InChI=1S/C22H27N3OS2/c1-5-10-25-13(2)11-17(14(25)3)18(26)12-27-21-20-16-8-6-7-9-19(16)28-22(20)24-15(4)23-21/h11H,5-10,12H2,1-4H3. The summed E-state index contributed by atoms with van der Waals surface area (Å²) in [7, 11) is 0. The molecule has 4 rings (SSSR count). The Bertz CT molecular complexity index is 1050. The van der Waals surface area contributed by atoms with Crippen LogP contribution in [-0.2, 0) is 19.4 Å². The van der Waals surface area contributed by atoms with E-state index >= 15 is 0 Å². The topological polar surface area (TPSA) is 47.8 Å². The molecule has 0 aromatic carbocycles. The highest BCUT2D eigenvalue weighted by Crippen LogP contribution is 2.39. The first-order valence-electron chi connectivity index (χ1n) is 10.1. The number of hydrogen-bond donors (Lipinski definition) is 0. The number of carbonyl (C=O) groups is 1. The van der Waals surface area contributed by atoms with Gasteiger partial charge in [-0.05, 0) is 64.5 Å². The minimum Gasteiger partial charge on any atom is -0.348 e. The summed E-state index contributed by atoms with van der Waals surface area (Å²) in [6.45, 7) is 9.22. The Balaban J connectivity index is 1.62. The van der Waals surface area contributed by atoms with Crippen molar-refractivity contribution in [2.45, 2.75) is 71.4 Å². The summed E-state index contributed by atoms with van der Waals surface area (Å²) in [5.41, 5.74) is 4.54. The van der Waals surface area contributed by atoms with Crippen molar-refractivity contribution in [2.75, 3.05) is 5.75 Å². The summed E-state index contributed by atoms with van der Waals surface area (Å²) in [4.78, 5) is 24.9. The lowest BCUT2D eigenvalue weighted by molar-refractivity contribution is 0.102. The van der Waals surface area contributed by atoms with Gasteiger partial charge in [-0.15, -0.1) is 11.3 Å². The van der Waals surface area contributed by atoms with E-state index in [-0.39, 0.29) is 5.78 Å². The van der Waals surface area contributed by atoms with E-state index < -0.39 is 0 Å². The molecule has 0 saturated heterocycles. The van der Waals surface area contributed by atoms with Gasteiger partial charge in [-0.2, -0.15) is 0 Å². The van der Waals surface area contributed by atoms with Crippen LogP contribution in [0, 0.1) is 20.8 Å². The molecule has 0 bridgehead atoms. The maximum atomic E-state index is 13.0. The molecule has 0 unspecified atom stereocenters. The maximum absolute atomic E-state index is 13.0. The van der Waals surface area contributed by atoms with Crippen molar-refractivity contribution in [3.63, 3.8) is 0 Å². The second kappa shape index (κ2) is 7.99. The van der Waals surface area contributed by atoms with Crippen molar-refractivity contribution in [1.82, 2.24) is 14.5 Å². The molecule has 148 valence electrons. The molecule has 3 aromatic rings. The number of hydrogen-bond acceptors (Lipinski definition) is 5. The monoisotopic (exact) mass is 413 g/mol. The molecule has 0 aliphatic heterocycles. The number of aromatic nitrogens is 3. The molecule has 3 heterocycles. The summed E-state index contributed by atoms with van der Waals surface area (Å²) in [5.74, 6) is 1.41. The lowest BCUT2D eigenvalue weighted by atomic mass is 9.97. The van der Waals surface area contributed by atoms with Crippen molar-refractivity contribution in [1.29, 1.82) is 0 Å². The number of thiophene rings is 1. The number of rotatable bonds is 6. The largest absolute Gasteiger partial charge is 0.348 e. The lowest BCUT2D eigenvalue weighted by Crippen LogP contribution is -2.07. The third-order valence-corrected chi connectivity index (χ3v) is 7.72. The van der Waals surface area contributed by atoms with E-state index in [9.17, 15) is 4.79 Å². The first kappa shape index (κ1) is 19.6. The van der Waals surface area contributed by atoms with Gasteiger partial charge >= 0.3 is 0 Å². The van der Waals surface area contributed by atoms with Gasteiger partial charge in [0.25, 0.3) is 0 Å². The van der Waals surface area contributed by atoms with Crippen LogP contribution in [0.25, 0.3) is 10.2 Å². The Morgan fingerprint density at radius 2 is 2.00 bits per heavy atom. The molecule has 0 spiro atoms. The minimum absolute atomic E-state index is 0.189. The fourth-order valence-electron chi connectivity index (χ4n) is 4.19. The SMILES string of the molecule is CCCn1c(C)cc(C(=O)CSc2nc(C)nc3sc4c(c23)CCCC4)c1C. The Morgan fingerprint density at radius 1 is 1.21 bits per heavy atom. The van der Waals surface area contributed by atoms with Crippen LogP contribution in [0.5, 0.6) is 0 Å². The zero-order valence-corrected chi connectivity index (χ0v) is 18.7. The number of ketones is 1.